The zero-order valence-corrected chi connectivity index (χ0v) is 13.9. The maximum atomic E-state index is 11.9. The molecule has 1 aromatic rings. The van der Waals surface area contributed by atoms with E-state index in [0.717, 1.165) is 24.2 Å². The molecule has 2 rings (SSSR count). The molecule has 0 fully saturated rings. The molecule has 1 unspecified atom stereocenters. The van der Waals surface area contributed by atoms with Gasteiger partial charge in [-0.25, -0.2) is 4.79 Å². The summed E-state index contributed by atoms with van der Waals surface area (Å²) >= 11 is 0. The lowest BCUT2D eigenvalue weighted by Gasteiger charge is -2.13. The second kappa shape index (κ2) is 8.82. The minimum absolute atomic E-state index is 0.126. The average molecular weight is 304 g/mol. The summed E-state index contributed by atoms with van der Waals surface area (Å²) in [6, 6.07) is 5.58. The third-order valence-electron chi connectivity index (χ3n) is 4.40. The smallest absolute Gasteiger partial charge is 0.339 e. The fourth-order valence-electron chi connectivity index (χ4n) is 3.15. The minimum atomic E-state index is -0.210. The Hall–Kier alpha value is -1.51. The summed E-state index contributed by atoms with van der Waals surface area (Å²) in [7, 11) is 1.64. The fourth-order valence-corrected chi connectivity index (χ4v) is 3.15. The van der Waals surface area contributed by atoms with Gasteiger partial charge in [-0.15, -0.1) is 0 Å². The van der Waals surface area contributed by atoms with Crippen molar-refractivity contribution in [3.8, 4) is 5.75 Å². The van der Waals surface area contributed by atoms with Crippen LogP contribution in [0.25, 0.3) is 0 Å². The Balaban J connectivity index is 1.75. The zero-order chi connectivity index (χ0) is 15.8. The fraction of sp³-hybridized carbons (Fsp3) is 0.632. The highest BCUT2D eigenvalue weighted by Crippen LogP contribution is 2.40. The molecule has 0 aromatic heterocycles. The molecule has 1 aliphatic rings. The van der Waals surface area contributed by atoms with E-state index in [1.54, 1.807) is 7.11 Å². The van der Waals surface area contributed by atoms with Gasteiger partial charge in [-0.2, -0.15) is 0 Å². The van der Waals surface area contributed by atoms with Crippen molar-refractivity contribution in [3.63, 3.8) is 0 Å². The van der Waals surface area contributed by atoms with Crippen LogP contribution >= 0.6 is 0 Å². The molecule has 1 aromatic carbocycles. The standard InChI is InChI=1S/C19H28O3/c1-3-4-5-6-7-8-9-10-13-17-18-15(19(20)22-17)12-11-14-16(18)21-2/h11-12,14,17H,3-10,13H2,1-2H3. The first kappa shape index (κ1) is 16.9. The van der Waals surface area contributed by atoms with Gasteiger partial charge in [0.2, 0.25) is 0 Å². The van der Waals surface area contributed by atoms with Gasteiger partial charge in [0.15, 0.2) is 0 Å². The van der Waals surface area contributed by atoms with Crippen molar-refractivity contribution in [2.24, 2.45) is 0 Å². The number of benzene rings is 1. The second-order valence-electron chi connectivity index (χ2n) is 6.08. The number of hydrogen-bond acceptors (Lipinski definition) is 3. The molecule has 0 N–H and O–H groups in total. The number of fused-ring (bicyclic) bond motifs is 1. The van der Waals surface area contributed by atoms with Gasteiger partial charge >= 0.3 is 5.97 Å². The van der Waals surface area contributed by atoms with Gasteiger partial charge in [0.1, 0.15) is 11.9 Å². The molecule has 1 aliphatic heterocycles. The molecule has 1 heterocycles. The topological polar surface area (TPSA) is 35.5 Å². The molecule has 0 spiro atoms. The van der Waals surface area contributed by atoms with Crippen LogP contribution in [0.5, 0.6) is 5.75 Å². The number of unbranched alkanes of at least 4 members (excludes halogenated alkanes) is 7. The number of hydrogen-bond donors (Lipinski definition) is 0. The Morgan fingerprint density at radius 2 is 1.73 bits per heavy atom. The first-order chi connectivity index (χ1) is 10.8. The molecule has 22 heavy (non-hydrogen) atoms. The van der Waals surface area contributed by atoms with Crippen LogP contribution in [0.1, 0.15) is 86.7 Å². The van der Waals surface area contributed by atoms with Crippen LogP contribution in [-0.4, -0.2) is 13.1 Å². The number of carbonyl (C=O) groups is 1. The Bertz CT molecular complexity index is 482. The van der Waals surface area contributed by atoms with Gasteiger partial charge in [0.25, 0.3) is 0 Å². The molecule has 0 aliphatic carbocycles. The number of ether oxygens (including phenoxy) is 2. The molecule has 0 saturated carbocycles. The van der Waals surface area contributed by atoms with E-state index in [-0.39, 0.29) is 12.1 Å². The number of cyclic esters (lactones) is 1. The summed E-state index contributed by atoms with van der Waals surface area (Å²) in [6.45, 7) is 2.25. The molecule has 122 valence electrons. The van der Waals surface area contributed by atoms with Crippen LogP contribution < -0.4 is 4.74 Å². The van der Waals surface area contributed by atoms with E-state index >= 15 is 0 Å². The molecule has 0 radical (unpaired) electrons. The molecule has 0 amide bonds. The first-order valence-corrected chi connectivity index (χ1v) is 8.65. The maximum absolute atomic E-state index is 11.9. The van der Waals surface area contributed by atoms with E-state index in [1.165, 1.54) is 44.9 Å². The highest BCUT2D eigenvalue weighted by Gasteiger charge is 2.33. The van der Waals surface area contributed by atoms with Crippen molar-refractivity contribution in [3.05, 3.63) is 29.3 Å². The average Bonchev–Trinajstić information content (AvgIpc) is 2.86. The van der Waals surface area contributed by atoms with Crippen LogP contribution in [0.4, 0.5) is 0 Å². The maximum Gasteiger partial charge on any atom is 0.339 e. The third kappa shape index (κ3) is 4.25. The summed E-state index contributed by atoms with van der Waals surface area (Å²) < 4.78 is 10.9. The summed E-state index contributed by atoms with van der Waals surface area (Å²) in [5.41, 5.74) is 1.61. The predicted octanol–water partition coefficient (Wildman–Crippen LogP) is 5.44. The number of methoxy groups -OCH3 is 1. The Morgan fingerprint density at radius 1 is 1.05 bits per heavy atom. The van der Waals surface area contributed by atoms with Gasteiger partial charge in [-0.05, 0) is 25.0 Å². The normalized spacial score (nSPS) is 16.5. The first-order valence-electron chi connectivity index (χ1n) is 8.65. The monoisotopic (exact) mass is 304 g/mol. The molecule has 3 nitrogen and oxygen atoms in total. The van der Waals surface area contributed by atoms with Crippen LogP contribution in [0, 0.1) is 0 Å². The van der Waals surface area contributed by atoms with Crippen LogP contribution in [0.15, 0.2) is 18.2 Å². The Labute approximate surface area is 134 Å². The van der Waals surface area contributed by atoms with E-state index in [2.05, 4.69) is 6.92 Å². The largest absolute Gasteiger partial charge is 0.496 e. The van der Waals surface area contributed by atoms with Crippen LogP contribution in [0.3, 0.4) is 0 Å². The summed E-state index contributed by atoms with van der Waals surface area (Å²) in [5.74, 6) is 0.561. The quantitative estimate of drug-likeness (QED) is 0.426. The van der Waals surface area contributed by atoms with E-state index in [4.69, 9.17) is 9.47 Å². The van der Waals surface area contributed by atoms with Crippen LogP contribution in [0.2, 0.25) is 0 Å². The van der Waals surface area contributed by atoms with E-state index in [1.807, 2.05) is 18.2 Å². The number of carbonyl (C=O) groups excluding carboxylic acids is 1. The van der Waals surface area contributed by atoms with Gasteiger partial charge in [-0.3, -0.25) is 0 Å². The number of rotatable bonds is 10. The summed E-state index contributed by atoms with van der Waals surface area (Å²) in [4.78, 5) is 11.9. The molecule has 3 heteroatoms. The van der Waals surface area contributed by atoms with Gasteiger partial charge in [0.05, 0.1) is 12.7 Å². The van der Waals surface area contributed by atoms with E-state index in [9.17, 15) is 4.79 Å². The highest BCUT2D eigenvalue weighted by atomic mass is 16.6. The van der Waals surface area contributed by atoms with Crippen molar-refractivity contribution in [2.75, 3.05) is 7.11 Å². The zero-order valence-electron chi connectivity index (χ0n) is 13.9. The molecule has 1 atom stereocenters. The van der Waals surface area contributed by atoms with Crippen molar-refractivity contribution < 1.29 is 14.3 Å². The second-order valence-corrected chi connectivity index (χ2v) is 6.08. The molecule has 0 saturated heterocycles. The Morgan fingerprint density at radius 3 is 2.41 bits per heavy atom. The van der Waals surface area contributed by atoms with Crippen molar-refractivity contribution >= 4 is 5.97 Å². The van der Waals surface area contributed by atoms with Gasteiger partial charge < -0.3 is 9.47 Å². The Kier molecular flexibility index (Phi) is 6.75. The third-order valence-corrected chi connectivity index (χ3v) is 4.40. The van der Waals surface area contributed by atoms with Crippen molar-refractivity contribution in [1.82, 2.24) is 0 Å². The summed E-state index contributed by atoms with van der Waals surface area (Å²) in [5, 5.41) is 0. The lowest BCUT2D eigenvalue weighted by molar-refractivity contribution is 0.0360. The molecule has 0 bridgehead atoms. The van der Waals surface area contributed by atoms with Crippen LogP contribution in [-0.2, 0) is 4.74 Å². The van der Waals surface area contributed by atoms with E-state index < -0.39 is 0 Å². The highest BCUT2D eigenvalue weighted by molar-refractivity contribution is 5.95. The van der Waals surface area contributed by atoms with Crippen molar-refractivity contribution in [2.45, 2.75) is 70.8 Å². The molecular formula is C19H28O3. The predicted molar refractivity (Wildman–Crippen MR) is 88.4 cm³/mol. The molecular weight excluding hydrogens is 276 g/mol. The van der Waals surface area contributed by atoms with Gasteiger partial charge in [0, 0.05) is 5.56 Å². The number of esters is 1. The lowest BCUT2D eigenvalue weighted by atomic mass is 9.99. The van der Waals surface area contributed by atoms with E-state index in [0.29, 0.717) is 5.56 Å². The summed E-state index contributed by atoms with van der Waals surface area (Å²) in [6.07, 6.45) is 11.1. The SMILES string of the molecule is CCCCCCCCCCC1OC(=O)c2cccc(OC)c21. The minimum Gasteiger partial charge on any atom is -0.496 e. The lowest BCUT2D eigenvalue weighted by Crippen LogP contribution is -2.00. The van der Waals surface area contributed by atoms with Gasteiger partial charge in [-0.1, -0.05) is 57.9 Å². The van der Waals surface area contributed by atoms with Crippen molar-refractivity contribution in [1.29, 1.82) is 0 Å².